The summed E-state index contributed by atoms with van der Waals surface area (Å²) in [5, 5.41) is 20.5. The molecule has 29 heavy (non-hydrogen) atoms. The zero-order valence-corrected chi connectivity index (χ0v) is 16.4. The third kappa shape index (κ3) is 4.05. The van der Waals surface area contributed by atoms with E-state index in [2.05, 4.69) is 18.2 Å². The number of halogens is 1. The van der Waals surface area contributed by atoms with Crippen LogP contribution in [0.15, 0.2) is 103 Å². The number of para-hydroxylation sites is 2. The van der Waals surface area contributed by atoms with E-state index in [4.69, 9.17) is 11.6 Å². The highest BCUT2D eigenvalue weighted by atomic mass is 35.5. The molecular weight excluding hydrogens is 381 g/mol. The second kappa shape index (κ2) is 8.54. The Bertz CT molecular complexity index is 1100. The second-order valence-corrected chi connectivity index (χ2v) is 7.07. The first-order valence-corrected chi connectivity index (χ1v) is 9.68. The van der Waals surface area contributed by atoms with Crippen molar-refractivity contribution in [2.24, 2.45) is 0 Å². The Kier molecular flexibility index (Phi) is 5.68. The molecule has 0 aliphatic rings. The second-order valence-electron chi connectivity index (χ2n) is 6.63. The Morgan fingerprint density at radius 2 is 1.28 bits per heavy atom. The minimum atomic E-state index is -1.65. The lowest BCUT2D eigenvalue weighted by molar-refractivity contribution is 0.426. The number of anilines is 3. The zero-order valence-electron chi connectivity index (χ0n) is 15.6. The predicted molar refractivity (Wildman–Crippen MR) is 121 cm³/mol. The van der Waals surface area contributed by atoms with Gasteiger partial charge in [0.15, 0.2) is 0 Å². The molecule has 0 aliphatic carbocycles. The fourth-order valence-corrected chi connectivity index (χ4v) is 3.63. The summed E-state index contributed by atoms with van der Waals surface area (Å²) in [6.07, 6.45) is 0. The summed E-state index contributed by atoms with van der Waals surface area (Å²) in [6, 6.07) is 33.2. The van der Waals surface area contributed by atoms with Gasteiger partial charge in [-0.2, -0.15) is 0 Å². The molecule has 4 aromatic carbocycles. The summed E-state index contributed by atoms with van der Waals surface area (Å²) >= 11 is 6.14. The van der Waals surface area contributed by atoms with E-state index in [0.717, 1.165) is 22.5 Å². The van der Waals surface area contributed by atoms with Crippen LogP contribution in [0.25, 0.3) is 11.1 Å². The first kappa shape index (κ1) is 19.3. The molecule has 3 nitrogen and oxygen atoms in total. The van der Waals surface area contributed by atoms with Crippen LogP contribution < -0.4 is 10.4 Å². The van der Waals surface area contributed by atoms with Crippen LogP contribution in [-0.4, -0.2) is 17.2 Å². The van der Waals surface area contributed by atoms with Crippen LogP contribution in [0.3, 0.4) is 0 Å². The van der Waals surface area contributed by atoms with Crippen LogP contribution in [0.2, 0.25) is 5.02 Å². The molecule has 0 heterocycles. The standard InChI is InChI=1S/C24H19BClNO2/c26-19-15-16-24(22(17-19)25(28)29)27(20-11-5-2-6-12-20)23-14-8-7-13-21(23)18-9-3-1-4-10-18/h1-17,28-29H. The van der Waals surface area contributed by atoms with E-state index in [1.165, 1.54) is 0 Å². The van der Waals surface area contributed by atoms with E-state index in [1.54, 1.807) is 12.1 Å². The van der Waals surface area contributed by atoms with E-state index in [-0.39, 0.29) is 0 Å². The average Bonchev–Trinajstić information content (AvgIpc) is 2.76. The van der Waals surface area contributed by atoms with Gasteiger partial charge in [0.05, 0.1) is 5.69 Å². The fraction of sp³-hybridized carbons (Fsp3) is 0. The molecule has 0 saturated heterocycles. The van der Waals surface area contributed by atoms with Gasteiger partial charge in [0.1, 0.15) is 0 Å². The molecule has 0 fully saturated rings. The predicted octanol–water partition coefficient (Wildman–Crippen LogP) is 5.16. The number of hydrogen-bond donors (Lipinski definition) is 2. The average molecular weight is 400 g/mol. The fourth-order valence-electron chi connectivity index (χ4n) is 3.45. The molecule has 0 bridgehead atoms. The maximum Gasteiger partial charge on any atom is 0.490 e. The smallest absolute Gasteiger partial charge is 0.423 e. The SMILES string of the molecule is OB(O)c1cc(Cl)ccc1N(c1ccccc1)c1ccccc1-c1ccccc1. The van der Waals surface area contributed by atoms with E-state index in [0.29, 0.717) is 16.2 Å². The molecule has 5 heteroatoms. The maximum absolute atomic E-state index is 10.0. The van der Waals surface area contributed by atoms with Crippen molar-refractivity contribution in [3.05, 3.63) is 108 Å². The lowest BCUT2D eigenvalue weighted by Crippen LogP contribution is -2.34. The minimum Gasteiger partial charge on any atom is -0.423 e. The molecule has 0 spiro atoms. The number of nitrogens with zero attached hydrogens (tertiary/aromatic N) is 1. The van der Waals surface area contributed by atoms with Gasteiger partial charge in [-0.1, -0.05) is 78.3 Å². The first-order valence-electron chi connectivity index (χ1n) is 9.30. The summed E-state index contributed by atoms with van der Waals surface area (Å²) in [7, 11) is -1.65. The highest BCUT2D eigenvalue weighted by Crippen LogP contribution is 2.40. The topological polar surface area (TPSA) is 43.7 Å². The summed E-state index contributed by atoms with van der Waals surface area (Å²) < 4.78 is 0. The summed E-state index contributed by atoms with van der Waals surface area (Å²) in [5.41, 5.74) is 4.92. The minimum absolute atomic E-state index is 0.337. The first-order chi connectivity index (χ1) is 14.1. The molecular formula is C24H19BClNO2. The van der Waals surface area contributed by atoms with E-state index in [1.807, 2.05) is 77.7 Å². The highest BCUT2D eigenvalue weighted by molar-refractivity contribution is 6.61. The molecule has 0 atom stereocenters. The molecule has 4 rings (SSSR count). The van der Waals surface area contributed by atoms with Crippen LogP contribution in [0.1, 0.15) is 0 Å². The van der Waals surface area contributed by atoms with Crippen LogP contribution in [-0.2, 0) is 0 Å². The molecule has 0 aromatic heterocycles. The third-order valence-corrected chi connectivity index (χ3v) is 4.99. The van der Waals surface area contributed by atoms with Crippen molar-refractivity contribution in [1.29, 1.82) is 0 Å². The van der Waals surface area contributed by atoms with E-state index >= 15 is 0 Å². The van der Waals surface area contributed by atoms with Crippen LogP contribution in [0.4, 0.5) is 17.1 Å². The van der Waals surface area contributed by atoms with Gasteiger partial charge in [0.2, 0.25) is 0 Å². The van der Waals surface area contributed by atoms with Gasteiger partial charge in [-0.3, -0.25) is 0 Å². The Labute approximate surface area is 175 Å². The van der Waals surface area contributed by atoms with E-state index in [9.17, 15) is 10.0 Å². The summed E-state index contributed by atoms with van der Waals surface area (Å²) in [6.45, 7) is 0. The largest absolute Gasteiger partial charge is 0.490 e. The van der Waals surface area contributed by atoms with Crippen molar-refractivity contribution in [1.82, 2.24) is 0 Å². The lowest BCUT2D eigenvalue weighted by Gasteiger charge is -2.29. The lowest BCUT2D eigenvalue weighted by atomic mass is 9.78. The van der Waals surface area contributed by atoms with Crippen molar-refractivity contribution >= 4 is 41.2 Å². The van der Waals surface area contributed by atoms with Crippen molar-refractivity contribution in [2.45, 2.75) is 0 Å². The van der Waals surface area contributed by atoms with Crippen molar-refractivity contribution < 1.29 is 10.0 Å². The van der Waals surface area contributed by atoms with Crippen LogP contribution in [0.5, 0.6) is 0 Å². The molecule has 142 valence electrons. The Morgan fingerprint density at radius 1 is 0.655 bits per heavy atom. The molecule has 4 aromatic rings. The van der Waals surface area contributed by atoms with Crippen molar-refractivity contribution in [3.8, 4) is 11.1 Å². The van der Waals surface area contributed by atoms with Gasteiger partial charge >= 0.3 is 7.12 Å². The van der Waals surface area contributed by atoms with Crippen molar-refractivity contribution in [3.63, 3.8) is 0 Å². The zero-order chi connectivity index (χ0) is 20.2. The number of benzene rings is 4. The molecule has 0 radical (unpaired) electrons. The van der Waals surface area contributed by atoms with Crippen LogP contribution >= 0.6 is 11.6 Å². The van der Waals surface area contributed by atoms with Crippen LogP contribution in [0, 0.1) is 0 Å². The molecule has 0 amide bonds. The third-order valence-electron chi connectivity index (χ3n) is 4.75. The highest BCUT2D eigenvalue weighted by Gasteiger charge is 2.24. The summed E-state index contributed by atoms with van der Waals surface area (Å²) in [5.74, 6) is 0. The molecule has 0 unspecified atom stereocenters. The molecule has 2 N–H and O–H groups in total. The Balaban J connectivity index is 1.99. The quantitative estimate of drug-likeness (QED) is 0.456. The van der Waals surface area contributed by atoms with Gasteiger partial charge in [-0.25, -0.2) is 0 Å². The number of hydrogen-bond acceptors (Lipinski definition) is 3. The number of rotatable bonds is 5. The summed E-state index contributed by atoms with van der Waals surface area (Å²) in [4.78, 5) is 2.02. The van der Waals surface area contributed by atoms with Gasteiger partial charge in [0, 0.05) is 27.4 Å². The van der Waals surface area contributed by atoms with Gasteiger partial charge in [-0.05, 0) is 42.0 Å². The van der Waals surface area contributed by atoms with Gasteiger partial charge < -0.3 is 14.9 Å². The molecule has 0 aliphatic heterocycles. The Hall–Kier alpha value is -3.05. The maximum atomic E-state index is 10.0. The van der Waals surface area contributed by atoms with Gasteiger partial charge in [-0.15, -0.1) is 0 Å². The van der Waals surface area contributed by atoms with E-state index < -0.39 is 7.12 Å². The monoisotopic (exact) mass is 399 g/mol. The molecule has 0 saturated carbocycles. The van der Waals surface area contributed by atoms with Crippen molar-refractivity contribution in [2.75, 3.05) is 4.90 Å². The normalized spacial score (nSPS) is 10.6. The Morgan fingerprint density at radius 3 is 1.97 bits per heavy atom. The van der Waals surface area contributed by atoms with Gasteiger partial charge in [0.25, 0.3) is 0 Å².